The molecule has 0 aliphatic carbocycles. The first-order valence-corrected chi connectivity index (χ1v) is 16.4. The van der Waals surface area contributed by atoms with Gasteiger partial charge in [0.1, 0.15) is 12.2 Å². The molecule has 1 heterocycles. The average Bonchev–Trinajstić information content (AvgIpc) is 2.93. The monoisotopic (exact) mass is 601 g/mol. The van der Waals surface area contributed by atoms with Crippen molar-refractivity contribution in [1.29, 1.82) is 0 Å². The van der Waals surface area contributed by atoms with Gasteiger partial charge in [-0.25, -0.2) is 4.79 Å². The summed E-state index contributed by atoms with van der Waals surface area (Å²) in [6.45, 7) is 17.7. The summed E-state index contributed by atoms with van der Waals surface area (Å²) >= 11 is 0. The Hall–Kier alpha value is -1.42. The van der Waals surface area contributed by atoms with E-state index in [-0.39, 0.29) is 47.8 Å². The fourth-order valence-corrected chi connectivity index (χ4v) is 6.94. The van der Waals surface area contributed by atoms with Crippen LogP contribution >= 0.6 is 0 Å². The molecule has 0 spiro atoms. The van der Waals surface area contributed by atoms with Crippen molar-refractivity contribution < 1.29 is 39.5 Å². The summed E-state index contributed by atoms with van der Waals surface area (Å²) in [7, 11) is 0. The van der Waals surface area contributed by atoms with Crippen molar-refractivity contribution in [3.63, 3.8) is 0 Å². The van der Waals surface area contributed by atoms with Gasteiger partial charge in [0.15, 0.2) is 0 Å². The molecule has 9 heteroatoms. The highest BCUT2D eigenvalue weighted by Gasteiger charge is 2.41. The molecule has 1 aliphatic heterocycles. The zero-order valence-corrected chi connectivity index (χ0v) is 27.7. The van der Waals surface area contributed by atoms with Crippen molar-refractivity contribution in [2.75, 3.05) is 0 Å². The lowest BCUT2D eigenvalue weighted by molar-refractivity contribution is -0.179. The number of hydrogen-bond donors (Lipinski definition) is 5. The molecule has 1 aliphatic rings. The van der Waals surface area contributed by atoms with Crippen molar-refractivity contribution in [3.05, 3.63) is 0 Å². The summed E-state index contributed by atoms with van der Waals surface area (Å²) in [6, 6.07) is 0. The summed E-state index contributed by atoms with van der Waals surface area (Å²) in [5.74, 6) is -1.16. The molecule has 0 aromatic heterocycles. The van der Waals surface area contributed by atoms with E-state index in [1.165, 1.54) is 0 Å². The highest BCUT2D eigenvalue weighted by atomic mass is 16.6. The average molecular weight is 602 g/mol. The fraction of sp³-hybridized carbons (Fsp3) is 0.939. The van der Waals surface area contributed by atoms with Gasteiger partial charge in [-0.2, -0.15) is 0 Å². The highest BCUT2D eigenvalue weighted by molar-refractivity contribution is 5.73. The van der Waals surface area contributed by atoms with Crippen LogP contribution in [-0.2, 0) is 14.3 Å². The van der Waals surface area contributed by atoms with E-state index in [1.54, 1.807) is 6.92 Å². The van der Waals surface area contributed by atoms with E-state index >= 15 is 0 Å². The minimum absolute atomic E-state index is 0.0259. The lowest BCUT2D eigenvalue weighted by Gasteiger charge is -2.37. The third-order valence-corrected chi connectivity index (χ3v) is 9.92. The molecule has 1 saturated heterocycles. The van der Waals surface area contributed by atoms with Crippen LogP contribution in [0.25, 0.3) is 0 Å². The predicted molar refractivity (Wildman–Crippen MR) is 164 cm³/mol. The molecule has 1 unspecified atom stereocenters. The largest absolute Gasteiger partial charge is 0.462 e. The predicted octanol–water partition coefficient (Wildman–Crippen LogP) is 5.05. The number of rotatable bonds is 19. The second-order valence-electron chi connectivity index (χ2n) is 14.0. The van der Waals surface area contributed by atoms with E-state index in [9.17, 15) is 30.0 Å². The number of esters is 1. The first kappa shape index (κ1) is 38.6. The van der Waals surface area contributed by atoms with Gasteiger partial charge in [0.2, 0.25) is 0 Å². The number of amides is 1. The number of aliphatic hydroxyl groups is 4. The molecule has 42 heavy (non-hydrogen) atoms. The van der Waals surface area contributed by atoms with E-state index in [2.05, 4.69) is 13.8 Å². The standard InChI is InChI=1S/C33H63NO8/c1-10-11-12-20(4)31(42-33(34)40)24(8)29(37)22(6)16-18(2)15-21(5)28(36)19(3)13-14-26(35)17-27-23(7)30(38)25(9)32(39)41-27/h18-31,35-38H,10-17H2,1-9H3,(H2,34,40)/t18?,19-,20-,21-,22-,23-,24-,25+,26-,27-,28-,29+,30-,31-/m0/s1. The first-order valence-electron chi connectivity index (χ1n) is 16.4. The van der Waals surface area contributed by atoms with E-state index in [0.717, 1.165) is 32.1 Å². The Morgan fingerprint density at radius 3 is 2.02 bits per heavy atom. The number of nitrogens with two attached hydrogens (primary N) is 1. The maximum absolute atomic E-state index is 12.0. The van der Waals surface area contributed by atoms with Crippen LogP contribution in [0.5, 0.6) is 0 Å². The molecule has 14 atom stereocenters. The van der Waals surface area contributed by atoms with Crippen molar-refractivity contribution in [1.82, 2.24) is 0 Å². The molecule has 6 N–H and O–H groups in total. The number of primary amides is 1. The van der Waals surface area contributed by atoms with Gasteiger partial charge >= 0.3 is 12.1 Å². The molecule has 1 amide bonds. The van der Waals surface area contributed by atoms with Crippen LogP contribution in [0, 0.1) is 47.3 Å². The molecular formula is C33H63NO8. The summed E-state index contributed by atoms with van der Waals surface area (Å²) < 4.78 is 10.9. The highest BCUT2D eigenvalue weighted by Crippen LogP contribution is 2.33. The van der Waals surface area contributed by atoms with Gasteiger partial charge < -0.3 is 35.6 Å². The molecule has 0 aromatic carbocycles. The van der Waals surface area contributed by atoms with E-state index in [1.807, 2.05) is 41.5 Å². The Morgan fingerprint density at radius 2 is 1.48 bits per heavy atom. The number of unbranched alkanes of at least 4 members (excludes halogenated alkanes) is 1. The van der Waals surface area contributed by atoms with Gasteiger partial charge in [-0.1, -0.05) is 68.2 Å². The quantitative estimate of drug-likeness (QED) is 0.129. The maximum atomic E-state index is 12.0. The lowest BCUT2D eigenvalue weighted by Crippen LogP contribution is -2.47. The van der Waals surface area contributed by atoms with Gasteiger partial charge in [-0.15, -0.1) is 0 Å². The van der Waals surface area contributed by atoms with E-state index in [4.69, 9.17) is 15.2 Å². The number of cyclic esters (lactones) is 1. The Labute approximate surface area is 254 Å². The number of hydrogen-bond acceptors (Lipinski definition) is 8. The van der Waals surface area contributed by atoms with Crippen molar-refractivity contribution in [2.24, 2.45) is 53.1 Å². The SMILES string of the molecule is CCCC[C@H](C)[C@H](OC(N)=O)[C@@H](C)[C@H](O)[C@@H](C)CC(C)C[C@H](C)[C@@H](O)[C@@H](C)CC[C@H](O)C[C@@H]1OC(=O)[C@H](C)[C@@H](O)[C@H]1C. The van der Waals surface area contributed by atoms with Crippen molar-refractivity contribution in [3.8, 4) is 0 Å². The third kappa shape index (κ3) is 11.9. The Bertz CT molecular complexity index is 796. The van der Waals surface area contributed by atoms with Crippen LogP contribution in [0.1, 0.15) is 114 Å². The number of ether oxygens (including phenoxy) is 2. The Morgan fingerprint density at radius 1 is 0.905 bits per heavy atom. The van der Waals surface area contributed by atoms with Crippen LogP contribution in [0.15, 0.2) is 0 Å². The second-order valence-corrected chi connectivity index (χ2v) is 14.0. The third-order valence-electron chi connectivity index (χ3n) is 9.92. The molecule has 0 radical (unpaired) electrons. The molecule has 248 valence electrons. The smallest absolute Gasteiger partial charge is 0.404 e. The van der Waals surface area contributed by atoms with Crippen LogP contribution in [0.4, 0.5) is 4.79 Å². The molecule has 1 rings (SSSR count). The van der Waals surface area contributed by atoms with Gasteiger partial charge in [-0.05, 0) is 68.6 Å². The fourth-order valence-electron chi connectivity index (χ4n) is 6.94. The van der Waals surface area contributed by atoms with Gasteiger partial charge in [0.05, 0.1) is 30.3 Å². The van der Waals surface area contributed by atoms with E-state index < -0.39 is 54.6 Å². The number of carbonyl (C=O) groups is 2. The number of carbonyl (C=O) groups excluding carboxylic acids is 2. The maximum Gasteiger partial charge on any atom is 0.404 e. The Balaban J connectivity index is 2.58. The van der Waals surface area contributed by atoms with Gasteiger partial charge in [0.25, 0.3) is 0 Å². The zero-order valence-electron chi connectivity index (χ0n) is 27.7. The summed E-state index contributed by atoms with van der Waals surface area (Å²) in [6.07, 6.45) is 1.45. The summed E-state index contributed by atoms with van der Waals surface area (Å²) in [5.41, 5.74) is 5.35. The van der Waals surface area contributed by atoms with Crippen LogP contribution in [0.3, 0.4) is 0 Å². The molecular weight excluding hydrogens is 538 g/mol. The minimum Gasteiger partial charge on any atom is -0.462 e. The molecule has 1 fully saturated rings. The zero-order chi connectivity index (χ0) is 32.3. The van der Waals surface area contributed by atoms with Crippen LogP contribution in [0.2, 0.25) is 0 Å². The Kier molecular flexibility index (Phi) is 16.9. The topological polar surface area (TPSA) is 160 Å². The van der Waals surface area contributed by atoms with Crippen LogP contribution < -0.4 is 5.73 Å². The van der Waals surface area contributed by atoms with Crippen molar-refractivity contribution in [2.45, 2.75) is 150 Å². The van der Waals surface area contributed by atoms with E-state index in [0.29, 0.717) is 12.8 Å². The van der Waals surface area contributed by atoms with Crippen molar-refractivity contribution >= 4 is 12.1 Å². The summed E-state index contributed by atoms with van der Waals surface area (Å²) in [5, 5.41) is 43.1. The normalized spacial score (nSPS) is 28.4. The number of aliphatic hydroxyl groups excluding tert-OH is 4. The van der Waals surface area contributed by atoms with Gasteiger partial charge in [0, 0.05) is 18.3 Å². The molecule has 0 bridgehead atoms. The first-order chi connectivity index (χ1) is 19.5. The summed E-state index contributed by atoms with van der Waals surface area (Å²) in [4.78, 5) is 23.6. The minimum atomic E-state index is -0.812. The lowest BCUT2D eigenvalue weighted by atomic mass is 9.77. The second kappa shape index (κ2) is 18.4. The molecule has 0 aromatic rings. The van der Waals surface area contributed by atoms with Crippen LogP contribution in [-0.4, -0.2) is 69.1 Å². The molecule has 9 nitrogen and oxygen atoms in total. The van der Waals surface area contributed by atoms with Gasteiger partial charge in [-0.3, -0.25) is 4.79 Å². The molecule has 0 saturated carbocycles.